The minimum Gasteiger partial charge on any atom is -0.444 e. The number of amides is 2. The van der Waals surface area contributed by atoms with Gasteiger partial charge in [-0.1, -0.05) is 25.7 Å². The summed E-state index contributed by atoms with van der Waals surface area (Å²) in [5, 5.41) is 12.3. The zero-order valence-corrected chi connectivity index (χ0v) is 14.5. The van der Waals surface area contributed by atoms with Gasteiger partial charge < -0.3 is 20.1 Å². The topological polar surface area (TPSA) is 78.9 Å². The van der Waals surface area contributed by atoms with Crippen LogP contribution in [0.2, 0.25) is 0 Å². The summed E-state index contributed by atoms with van der Waals surface area (Å²) in [4.78, 5) is 26.5. The van der Waals surface area contributed by atoms with Gasteiger partial charge in [0, 0.05) is 19.1 Å². The number of aliphatic hydroxyl groups excluding tert-OH is 1. The molecular formula is C17H30N2O4. The molecule has 2 N–H and O–H groups in total. The fourth-order valence-corrected chi connectivity index (χ4v) is 3.28. The van der Waals surface area contributed by atoms with Crippen LogP contribution in [0.25, 0.3) is 0 Å². The molecule has 0 aromatic rings. The van der Waals surface area contributed by atoms with Gasteiger partial charge in [-0.2, -0.15) is 0 Å². The smallest absolute Gasteiger partial charge is 0.407 e. The maximum atomic E-state index is 12.7. The Kier molecular flexibility index (Phi) is 5.89. The summed E-state index contributed by atoms with van der Waals surface area (Å²) in [6.45, 7) is 6.31. The van der Waals surface area contributed by atoms with Crippen molar-refractivity contribution < 1.29 is 19.4 Å². The van der Waals surface area contributed by atoms with Crippen LogP contribution in [0.3, 0.4) is 0 Å². The Balaban J connectivity index is 2.01. The summed E-state index contributed by atoms with van der Waals surface area (Å²) in [5.41, 5.74) is -0.549. The monoisotopic (exact) mass is 326 g/mol. The first-order valence-electron chi connectivity index (χ1n) is 8.72. The highest BCUT2D eigenvalue weighted by atomic mass is 16.6. The number of likely N-dealkylation sites (tertiary alicyclic amines) is 1. The molecule has 132 valence electrons. The molecule has 1 aliphatic carbocycles. The molecule has 6 nitrogen and oxygen atoms in total. The Morgan fingerprint density at radius 3 is 2.26 bits per heavy atom. The predicted octanol–water partition coefficient (Wildman–Crippen LogP) is 2.05. The number of rotatable bonds is 2. The third-order valence-corrected chi connectivity index (χ3v) is 4.46. The standard InChI is InChI=1S/C17H30N2O4/c1-17(2,3)23-16(22)18-14-9-7-5-4-6-8-13(14)15(21)19-10-12(20)11-19/h12-14,20H,4-11H2,1-3H3,(H,18,22). The van der Waals surface area contributed by atoms with Crippen molar-refractivity contribution in [2.75, 3.05) is 13.1 Å². The van der Waals surface area contributed by atoms with E-state index in [0.29, 0.717) is 13.1 Å². The molecule has 0 aromatic carbocycles. The molecule has 0 spiro atoms. The quantitative estimate of drug-likeness (QED) is 0.814. The van der Waals surface area contributed by atoms with E-state index < -0.39 is 17.8 Å². The summed E-state index contributed by atoms with van der Waals surface area (Å²) >= 11 is 0. The largest absolute Gasteiger partial charge is 0.444 e. The highest BCUT2D eigenvalue weighted by molar-refractivity contribution is 5.81. The van der Waals surface area contributed by atoms with Crippen molar-refractivity contribution in [1.82, 2.24) is 10.2 Å². The molecule has 1 saturated heterocycles. The molecule has 2 aliphatic rings. The molecule has 2 fully saturated rings. The second-order valence-corrected chi connectivity index (χ2v) is 7.75. The molecule has 2 rings (SSSR count). The number of β-amino-alcohol motifs (C(OH)–C–C–N with tert-alkyl or cyclic N) is 1. The number of carbonyl (C=O) groups is 2. The molecule has 0 radical (unpaired) electrons. The summed E-state index contributed by atoms with van der Waals surface area (Å²) in [6.07, 6.45) is 5.00. The molecule has 1 saturated carbocycles. The maximum absolute atomic E-state index is 12.7. The Bertz CT molecular complexity index is 427. The Morgan fingerprint density at radius 1 is 1.09 bits per heavy atom. The SMILES string of the molecule is CC(C)(C)OC(=O)NC1CCCCCCC1C(=O)N1CC(O)C1. The van der Waals surface area contributed by atoms with Gasteiger partial charge in [-0.15, -0.1) is 0 Å². The van der Waals surface area contributed by atoms with Crippen molar-refractivity contribution >= 4 is 12.0 Å². The fraction of sp³-hybridized carbons (Fsp3) is 0.882. The van der Waals surface area contributed by atoms with Gasteiger partial charge in [0.05, 0.1) is 12.0 Å². The minimum absolute atomic E-state index is 0.0539. The number of alkyl carbamates (subject to hydrolysis) is 1. The van der Waals surface area contributed by atoms with Crippen LogP contribution in [0.1, 0.15) is 59.3 Å². The zero-order valence-electron chi connectivity index (χ0n) is 14.5. The van der Waals surface area contributed by atoms with Gasteiger partial charge in [0.2, 0.25) is 5.91 Å². The molecule has 2 atom stereocenters. The number of nitrogens with one attached hydrogen (secondary N) is 1. The van der Waals surface area contributed by atoms with E-state index in [4.69, 9.17) is 4.74 Å². The van der Waals surface area contributed by atoms with Crippen LogP contribution < -0.4 is 5.32 Å². The second-order valence-electron chi connectivity index (χ2n) is 7.75. The second kappa shape index (κ2) is 7.51. The van der Waals surface area contributed by atoms with Crippen LogP contribution in [0.4, 0.5) is 4.79 Å². The van der Waals surface area contributed by atoms with Gasteiger partial charge in [0.1, 0.15) is 5.60 Å². The van der Waals surface area contributed by atoms with Crippen LogP contribution in [0.5, 0.6) is 0 Å². The normalized spacial score (nSPS) is 26.7. The molecule has 0 bridgehead atoms. The van der Waals surface area contributed by atoms with Gasteiger partial charge in [0.25, 0.3) is 0 Å². The number of carbonyl (C=O) groups excluding carboxylic acids is 2. The molecule has 1 aliphatic heterocycles. The van der Waals surface area contributed by atoms with Gasteiger partial charge in [-0.25, -0.2) is 4.79 Å². The highest BCUT2D eigenvalue weighted by Gasteiger charge is 2.38. The molecule has 2 amide bonds. The Labute approximate surface area is 138 Å². The van der Waals surface area contributed by atoms with Gasteiger partial charge >= 0.3 is 6.09 Å². The van der Waals surface area contributed by atoms with Gasteiger partial charge in [0.15, 0.2) is 0 Å². The van der Waals surface area contributed by atoms with E-state index in [1.807, 2.05) is 20.8 Å². The van der Waals surface area contributed by atoms with Gasteiger partial charge in [-0.05, 0) is 33.6 Å². The van der Waals surface area contributed by atoms with Crippen LogP contribution in [0.15, 0.2) is 0 Å². The van der Waals surface area contributed by atoms with E-state index in [-0.39, 0.29) is 17.9 Å². The molecule has 2 unspecified atom stereocenters. The van der Waals surface area contributed by atoms with E-state index in [0.717, 1.165) is 38.5 Å². The lowest BCUT2D eigenvalue weighted by Gasteiger charge is -2.40. The molecule has 6 heteroatoms. The lowest BCUT2D eigenvalue weighted by atomic mass is 9.85. The average Bonchev–Trinajstić information content (AvgIpc) is 2.36. The van der Waals surface area contributed by atoms with E-state index in [1.54, 1.807) is 4.90 Å². The predicted molar refractivity (Wildman–Crippen MR) is 86.9 cm³/mol. The number of ether oxygens (including phenoxy) is 1. The third-order valence-electron chi connectivity index (χ3n) is 4.46. The van der Waals surface area contributed by atoms with Crippen molar-refractivity contribution in [3.8, 4) is 0 Å². The number of aliphatic hydroxyl groups is 1. The van der Waals surface area contributed by atoms with Crippen LogP contribution in [-0.2, 0) is 9.53 Å². The zero-order chi connectivity index (χ0) is 17.0. The van der Waals surface area contributed by atoms with E-state index in [1.165, 1.54) is 0 Å². The summed E-state index contributed by atoms with van der Waals surface area (Å²) in [7, 11) is 0. The summed E-state index contributed by atoms with van der Waals surface area (Å²) in [6, 6.07) is -0.185. The first kappa shape index (κ1) is 18.0. The van der Waals surface area contributed by atoms with E-state index >= 15 is 0 Å². The Hall–Kier alpha value is -1.30. The van der Waals surface area contributed by atoms with Crippen molar-refractivity contribution in [2.45, 2.75) is 77.0 Å². The number of hydrogen-bond donors (Lipinski definition) is 2. The van der Waals surface area contributed by atoms with Crippen molar-refractivity contribution in [3.63, 3.8) is 0 Å². The van der Waals surface area contributed by atoms with Gasteiger partial charge in [-0.3, -0.25) is 4.79 Å². The summed E-state index contributed by atoms with van der Waals surface area (Å²) in [5.74, 6) is -0.159. The lowest BCUT2D eigenvalue weighted by Crippen LogP contribution is -2.58. The summed E-state index contributed by atoms with van der Waals surface area (Å²) < 4.78 is 5.34. The average molecular weight is 326 g/mol. The number of hydrogen-bond acceptors (Lipinski definition) is 4. The first-order valence-corrected chi connectivity index (χ1v) is 8.72. The molecular weight excluding hydrogens is 296 g/mol. The first-order chi connectivity index (χ1) is 10.8. The lowest BCUT2D eigenvalue weighted by molar-refractivity contribution is -0.147. The van der Waals surface area contributed by atoms with Crippen molar-refractivity contribution in [2.24, 2.45) is 5.92 Å². The third kappa shape index (κ3) is 5.37. The van der Waals surface area contributed by atoms with E-state index in [2.05, 4.69) is 5.32 Å². The maximum Gasteiger partial charge on any atom is 0.407 e. The number of nitrogens with zero attached hydrogens (tertiary/aromatic N) is 1. The molecule has 23 heavy (non-hydrogen) atoms. The van der Waals surface area contributed by atoms with Crippen LogP contribution in [-0.4, -0.2) is 52.8 Å². The minimum atomic E-state index is -0.549. The van der Waals surface area contributed by atoms with E-state index in [9.17, 15) is 14.7 Å². The molecule has 1 heterocycles. The van der Waals surface area contributed by atoms with Crippen LogP contribution in [0, 0.1) is 5.92 Å². The van der Waals surface area contributed by atoms with Crippen molar-refractivity contribution in [1.29, 1.82) is 0 Å². The van der Waals surface area contributed by atoms with Crippen molar-refractivity contribution in [3.05, 3.63) is 0 Å². The van der Waals surface area contributed by atoms with Crippen LogP contribution >= 0.6 is 0 Å². The fourth-order valence-electron chi connectivity index (χ4n) is 3.28. The Morgan fingerprint density at radius 2 is 1.70 bits per heavy atom. The molecule has 0 aromatic heterocycles. The highest BCUT2D eigenvalue weighted by Crippen LogP contribution is 2.26.